The maximum Gasteiger partial charge on any atom is 0.316 e. The van der Waals surface area contributed by atoms with Gasteiger partial charge in [-0.05, 0) is 76.0 Å². The van der Waals surface area contributed by atoms with Crippen LogP contribution in [0.2, 0.25) is 0 Å². The number of aromatic nitrogens is 1. The van der Waals surface area contributed by atoms with Gasteiger partial charge in [0.1, 0.15) is 18.2 Å². The second kappa shape index (κ2) is 14.8. The Morgan fingerprint density at radius 1 is 1.02 bits per heavy atom. The lowest BCUT2D eigenvalue weighted by Crippen LogP contribution is -2.61. The molecule has 5 rings (SSSR count). The van der Waals surface area contributed by atoms with Crippen molar-refractivity contribution in [3.8, 4) is 0 Å². The minimum Gasteiger partial charge on any atom is -0.462 e. The topological polar surface area (TPSA) is 156 Å². The number of carbonyl (C=O) groups excluding carboxylic acids is 5. The van der Waals surface area contributed by atoms with E-state index in [-0.39, 0.29) is 30.3 Å². The average Bonchev–Trinajstić information content (AvgIpc) is 3.08. The molecule has 1 spiro atoms. The van der Waals surface area contributed by atoms with Gasteiger partial charge >= 0.3 is 11.9 Å². The van der Waals surface area contributed by atoms with Gasteiger partial charge in [0.2, 0.25) is 5.91 Å². The molecule has 0 unspecified atom stereocenters. The maximum absolute atomic E-state index is 14.1. The second-order valence-electron chi connectivity index (χ2n) is 13.6. The van der Waals surface area contributed by atoms with Gasteiger partial charge in [0.15, 0.2) is 6.10 Å². The SMILES string of the molecule is CCC(=O)O[C@H]1CC[C@@]2(/C=C/c3ccc4ccc(nc4c3)[C@@H](C)NC(=O)[C@@H]3CCCN(N3)C(=O)[C@H](C)NC(=O)[C@H](C(C)C)OC2=O)CC1. The largest absolute Gasteiger partial charge is 0.462 e. The zero-order valence-electron chi connectivity index (χ0n) is 28.4. The van der Waals surface area contributed by atoms with E-state index in [9.17, 15) is 24.0 Å². The molecule has 1 saturated carbocycles. The van der Waals surface area contributed by atoms with E-state index in [0.717, 1.165) is 16.5 Å². The average molecular weight is 662 g/mol. The van der Waals surface area contributed by atoms with Crippen molar-refractivity contribution in [3.05, 3.63) is 47.7 Å². The number of esters is 2. The van der Waals surface area contributed by atoms with E-state index in [1.165, 1.54) is 5.01 Å². The van der Waals surface area contributed by atoms with E-state index in [1.807, 2.05) is 49.4 Å². The van der Waals surface area contributed by atoms with Crippen molar-refractivity contribution in [3.63, 3.8) is 0 Å². The zero-order chi connectivity index (χ0) is 34.6. The van der Waals surface area contributed by atoms with Crippen LogP contribution in [0.3, 0.4) is 0 Å². The Hall–Kier alpha value is -4.32. The van der Waals surface area contributed by atoms with E-state index in [2.05, 4.69) is 16.1 Å². The molecule has 0 radical (unpaired) electrons. The van der Waals surface area contributed by atoms with E-state index >= 15 is 0 Å². The summed E-state index contributed by atoms with van der Waals surface area (Å²) in [5.74, 6) is -2.45. The highest BCUT2D eigenvalue weighted by Gasteiger charge is 2.44. The van der Waals surface area contributed by atoms with Crippen molar-refractivity contribution in [1.29, 1.82) is 0 Å². The van der Waals surface area contributed by atoms with Gasteiger partial charge < -0.3 is 20.1 Å². The van der Waals surface area contributed by atoms with Crippen LogP contribution < -0.4 is 16.1 Å². The molecule has 2 aromatic rings. The number of benzene rings is 1. The standard InChI is InChI=1S/C36H47N5O7/c1-6-30(42)47-26-14-17-36(18-15-26)16-13-24-9-10-25-11-12-27(39-29(25)20-24)22(4)37-32(43)28-8-7-19-41(40-28)34(45)23(5)38-33(44)31(21(2)3)48-35(36)46/h9-13,16,20-23,26,28,31,40H,6-8,14-15,17-19H2,1-5H3,(H,37,43)(H,38,44)/b16-13+/t22-,23+,26-,28+,31+,36-/m1/s1. The number of rotatable bonds is 3. The number of carbonyl (C=O) groups is 5. The van der Waals surface area contributed by atoms with Gasteiger partial charge in [0, 0.05) is 18.4 Å². The highest BCUT2D eigenvalue weighted by Crippen LogP contribution is 2.41. The number of fused-ring (bicyclic) bond motifs is 4. The third-order valence-corrected chi connectivity index (χ3v) is 9.55. The van der Waals surface area contributed by atoms with Crippen molar-refractivity contribution in [2.24, 2.45) is 11.3 Å². The fourth-order valence-electron chi connectivity index (χ4n) is 6.52. The predicted octanol–water partition coefficient (Wildman–Crippen LogP) is 3.89. The van der Waals surface area contributed by atoms with Gasteiger partial charge in [-0.15, -0.1) is 0 Å². The predicted molar refractivity (Wildman–Crippen MR) is 179 cm³/mol. The number of hydrogen-bond acceptors (Lipinski definition) is 9. The van der Waals surface area contributed by atoms with Crippen LogP contribution in [0.15, 0.2) is 36.4 Å². The van der Waals surface area contributed by atoms with Gasteiger partial charge in [0.25, 0.3) is 11.8 Å². The van der Waals surface area contributed by atoms with Gasteiger partial charge in [0.05, 0.1) is 22.7 Å². The Balaban J connectivity index is 1.51. The number of hydrazine groups is 1. The number of hydrogen-bond donors (Lipinski definition) is 3. The quantitative estimate of drug-likeness (QED) is 0.416. The number of pyridine rings is 1. The molecule has 12 heteroatoms. The van der Waals surface area contributed by atoms with Crippen molar-refractivity contribution < 1.29 is 33.4 Å². The van der Waals surface area contributed by atoms with Crippen LogP contribution in [0.1, 0.15) is 96.9 Å². The number of nitrogens with zero attached hydrogens (tertiary/aromatic N) is 2. The molecule has 1 aliphatic carbocycles. The van der Waals surface area contributed by atoms with E-state index in [1.54, 1.807) is 27.7 Å². The Labute approximate surface area is 281 Å². The molecule has 48 heavy (non-hydrogen) atoms. The normalized spacial score (nSPS) is 29.7. The van der Waals surface area contributed by atoms with Crippen LogP contribution in [0.4, 0.5) is 0 Å². The first-order valence-electron chi connectivity index (χ1n) is 17.1. The smallest absolute Gasteiger partial charge is 0.316 e. The Morgan fingerprint density at radius 3 is 2.44 bits per heavy atom. The number of amides is 3. The summed E-state index contributed by atoms with van der Waals surface area (Å²) in [7, 11) is 0. The van der Waals surface area contributed by atoms with Crippen molar-refractivity contribution in [2.45, 2.75) is 110 Å². The maximum atomic E-state index is 14.1. The van der Waals surface area contributed by atoms with Crippen LogP contribution in [0.25, 0.3) is 17.0 Å². The Kier molecular flexibility index (Phi) is 10.8. The summed E-state index contributed by atoms with van der Waals surface area (Å²) in [5, 5.41) is 8.06. The van der Waals surface area contributed by atoms with Crippen molar-refractivity contribution in [2.75, 3.05) is 6.54 Å². The minimum atomic E-state index is -1.15. The first kappa shape index (κ1) is 35.0. The fraction of sp³-hybridized carbons (Fsp3) is 0.556. The van der Waals surface area contributed by atoms with Gasteiger partial charge in [-0.1, -0.05) is 51.1 Å². The summed E-state index contributed by atoms with van der Waals surface area (Å²) in [6.07, 6.45) is 5.31. The van der Waals surface area contributed by atoms with Crippen LogP contribution in [0.5, 0.6) is 0 Å². The molecular weight excluding hydrogens is 614 g/mol. The molecular formula is C36H47N5O7. The Bertz CT molecular complexity index is 1580. The molecule has 1 saturated heterocycles. The van der Waals surface area contributed by atoms with E-state index in [4.69, 9.17) is 14.5 Å². The van der Waals surface area contributed by atoms with Crippen molar-refractivity contribution >= 4 is 46.6 Å². The molecule has 1 aromatic heterocycles. The Morgan fingerprint density at radius 2 is 1.73 bits per heavy atom. The lowest BCUT2D eigenvalue weighted by Gasteiger charge is -2.37. The van der Waals surface area contributed by atoms with E-state index < -0.39 is 47.4 Å². The molecule has 2 aliphatic heterocycles. The summed E-state index contributed by atoms with van der Waals surface area (Å²) in [6.45, 7) is 9.11. The van der Waals surface area contributed by atoms with Crippen LogP contribution in [-0.2, 0) is 33.4 Å². The molecule has 258 valence electrons. The van der Waals surface area contributed by atoms with Gasteiger partial charge in [-0.3, -0.25) is 34.0 Å². The molecule has 1 aromatic carbocycles. The molecule has 3 aliphatic rings. The van der Waals surface area contributed by atoms with Gasteiger partial charge in [-0.2, -0.15) is 0 Å². The summed E-state index contributed by atoms with van der Waals surface area (Å²) in [6, 6.07) is 7.68. The lowest BCUT2D eigenvalue weighted by atomic mass is 9.72. The monoisotopic (exact) mass is 661 g/mol. The van der Waals surface area contributed by atoms with Crippen LogP contribution in [0, 0.1) is 11.3 Å². The van der Waals surface area contributed by atoms with E-state index in [0.29, 0.717) is 50.8 Å². The summed E-state index contributed by atoms with van der Waals surface area (Å²) in [5.41, 5.74) is 4.19. The summed E-state index contributed by atoms with van der Waals surface area (Å²) >= 11 is 0. The fourth-order valence-corrected chi connectivity index (χ4v) is 6.52. The number of ether oxygens (including phenoxy) is 2. The highest BCUT2D eigenvalue weighted by atomic mass is 16.6. The highest BCUT2D eigenvalue weighted by molar-refractivity contribution is 5.92. The van der Waals surface area contributed by atoms with Gasteiger partial charge in [-0.25, -0.2) is 5.43 Å². The molecule has 3 heterocycles. The van der Waals surface area contributed by atoms with Crippen LogP contribution >= 0.6 is 0 Å². The minimum absolute atomic E-state index is 0.252. The van der Waals surface area contributed by atoms with Crippen LogP contribution in [-0.4, -0.2) is 70.5 Å². The lowest BCUT2D eigenvalue weighted by molar-refractivity contribution is -0.170. The zero-order valence-corrected chi connectivity index (χ0v) is 28.4. The molecule has 2 fully saturated rings. The molecule has 12 nitrogen and oxygen atoms in total. The molecule has 4 atom stereocenters. The molecule has 3 N–H and O–H groups in total. The third kappa shape index (κ3) is 7.86. The molecule has 5 bridgehead atoms. The first-order valence-corrected chi connectivity index (χ1v) is 17.1. The molecule has 3 amide bonds. The third-order valence-electron chi connectivity index (χ3n) is 9.55. The first-order chi connectivity index (χ1) is 22.9. The summed E-state index contributed by atoms with van der Waals surface area (Å²) < 4.78 is 11.6. The number of cyclic esters (lactones) is 1. The van der Waals surface area contributed by atoms with Crippen molar-refractivity contribution in [1.82, 2.24) is 26.1 Å². The second-order valence-corrected chi connectivity index (χ2v) is 13.6. The summed E-state index contributed by atoms with van der Waals surface area (Å²) in [4.78, 5) is 71.2. The number of nitrogens with one attached hydrogen (secondary N) is 3.